The van der Waals surface area contributed by atoms with Crippen molar-refractivity contribution in [3.63, 3.8) is 0 Å². The number of allylic oxidation sites excluding steroid dienone is 3. The molecule has 1 N–H and O–H groups in total. The molecule has 0 aliphatic carbocycles. The molecule has 0 radical (unpaired) electrons. The highest BCUT2D eigenvalue weighted by molar-refractivity contribution is 8.00. The molecule has 0 amide bonds. The number of hydrogen-bond donors (Lipinski definition) is 1. The zero-order chi connectivity index (χ0) is 19.4. The summed E-state index contributed by atoms with van der Waals surface area (Å²) in [7, 11) is 0. The standard InChI is InChI=1S/C17H21Cl2FN2S2.C2H2/c1-13(18)16(19)3-2-8-24-21-17-11-15(20)5-4-14(17)12-22-6-9-23-10-7-22;1-2/h2-5,11,21H,6-10,12H2,1H3;1-2H/b3-2-,16-13-;. The van der Waals surface area contributed by atoms with Gasteiger partial charge >= 0.3 is 0 Å². The monoisotopic (exact) mass is 432 g/mol. The predicted molar refractivity (Wildman–Crippen MR) is 119 cm³/mol. The molecule has 1 fully saturated rings. The Labute approximate surface area is 174 Å². The van der Waals surface area contributed by atoms with Gasteiger partial charge in [-0.05, 0) is 42.6 Å². The summed E-state index contributed by atoms with van der Waals surface area (Å²) in [6, 6.07) is 4.95. The van der Waals surface area contributed by atoms with Crippen LogP contribution in [0.1, 0.15) is 12.5 Å². The van der Waals surface area contributed by atoms with Crippen LogP contribution in [0.3, 0.4) is 0 Å². The lowest BCUT2D eigenvalue weighted by molar-refractivity contribution is 0.295. The minimum absolute atomic E-state index is 0.227. The van der Waals surface area contributed by atoms with Gasteiger partial charge in [0.05, 0.1) is 10.7 Å². The molecule has 0 unspecified atom stereocenters. The summed E-state index contributed by atoms with van der Waals surface area (Å²) in [6.07, 6.45) is 11.7. The van der Waals surface area contributed by atoms with Crippen LogP contribution in [0, 0.1) is 18.7 Å². The zero-order valence-electron chi connectivity index (χ0n) is 14.7. The quantitative estimate of drug-likeness (QED) is 0.247. The Bertz CT molecular complexity index is 638. The van der Waals surface area contributed by atoms with Crippen LogP contribution in [0.5, 0.6) is 0 Å². The number of nitrogens with zero attached hydrogens (tertiary/aromatic N) is 1. The molecule has 1 aromatic carbocycles. The molecule has 0 spiro atoms. The molecule has 1 heterocycles. The van der Waals surface area contributed by atoms with Crippen LogP contribution in [-0.2, 0) is 6.54 Å². The highest BCUT2D eigenvalue weighted by Crippen LogP contribution is 2.24. The zero-order valence-corrected chi connectivity index (χ0v) is 17.8. The largest absolute Gasteiger partial charge is 0.329 e. The Morgan fingerprint density at radius 3 is 2.69 bits per heavy atom. The van der Waals surface area contributed by atoms with Gasteiger partial charge in [0.2, 0.25) is 0 Å². The fourth-order valence-corrected chi connectivity index (χ4v) is 3.97. The summed E-state index contributed by atoms with van der Waals surface area (Å²) < 4.78 is 16.8. The lowest BCUT2D eigenvalue weighted by Gasteiger charge is -2.27. The molecule has 0 aromatic heterocycles. The van der Waals surface area contributed by atoms with E-state index in [2.05, 4.69) is 22.5 Å². The van der Waals surface area contributed by atoms with Crippen LogP contribution in [0.15, 0.2) is 40.4 Å². The van der Waals surface area contributed by atoms with Gasteiger partial charge in [0.15, 0.2) is 0 Å². The van der Waals surface area contributed by atoms with Gasteiger partial charge in [-0.1, -0.05) is 35.3 Å². The third-order valence-electron chi connectivity index (χ3n) is 3.52. The summed E-state index contributed by atoms with van der Waals surface area (Å²) in [5, 5.41) is 1.10. The minimum Gasteiger partial charge on any atom is -0.329 e. The molecular formula is C19H23Cl2FN2S2. The second-order valence-corrected chi connectivity index (χ2v) is 8.41. The Balaban J connectivity index is 0.00000163. The van der Waals surface area contributed by atoms with Gasteiger partial charge in [-0.15, -0.1) is 12.8 Å². The number of anilines is 1. The Kier molecular flexibility index (Phi) is 12.0. The van der Waals surface area contributed by atoms with Gasteiger partial charge < -0.3 is 4.72 Å². The third-order valence-corrected chi connectivity index (χ3v) is 5.90. The Hall–Kier alpha value is -0.770. The number of rotatable bonds is 7. The van der Waals surface area contributed by atoms with E-state index in [9.17, 15) is 4.39 Å². The molecule has 0 saturated carbocycles. The van der Waals surface area contributed by atoms with Crippen LogP contribution >= 0.6 is 46.9 Å². The van der Waals surface area contributed by atoms with Gasteiger partial charge in [-0.25, -0.2) is 4.39 Å². The molecule has 2 rings (SSSR count). The number of benzene rings is 1. The van der Waals surface area contributed by atoms with E-state index in [1.807, 2.05) is 23.9 Å². The molecule has 26 heavy (non-hydrogen) atoms. The average Bonchev–Trinajstić information content (AvgIpc) is 2.65. The second-order valence-electron chi connectivity index (χ2n) is 5.39. The summed E-state index contributed by atoms with van der Waals surface area (Å²) >= 11 is 15.2. The predicted octanol–water partition coefficient (Wildman–Crippen LogP) is 5.95. The van der Waals surface area contributed by atoms with E-state index in [4.69, 9.17) is 23.2 Å². The van der Waals surface area contributed by atoms with Crippen LogP contribution in [0.2, 0.25) is 0 Å². The highest BCUT2D eigenvalue weighted by Gasteiger charge is 2.13. The topological polar surface area (TPSA) is 15.3 Å². The number of terminal acetylenes is 1. The lowest BCUT2D eigenvalue weighted by atomic mass is 10.1. The number of thioether (sulfide) groups is 1. The SMILES string of the molecule is C#C.C/C(Cl)=C(Cl)\C=C/CSNc1cc(F)ccc1CN1CCSCC1. The van der Waals surface area contributed by atoms with Gasteiger partial charge in [-0.2, -0.15) is 11.8 Å². The molecule has 2 nitrogen and oxygen atoms in total. The first-order valence-electron chi connectivity index (χ1n) is 8.04. The highest BCUT2D eigenvalue weighted by atomic mass is 35.5. The molecule has 0 bridgehead atoms. The van der Waals surface area contributed by atoms with Crippen molar-refractivity contribution in [2.24, 2.45) is 0 Å². The van der Waals surface area contributed by atoms with E-state index >= 15 is 0 Å². The van der Waals surface area contributed by atoms with Crippen LogP contribution in [-0.4, -0.2) is 35.2 Å². The van der Waals surface area contributed by atoms with Crippen molar-refractivity contribution in [1.29, 1.82) is 0 Å². The Morgan fingerprint density at radius 2 is 2.04 bits per heavy atom. The number of halogens is 3. The molecule has 1 aliphatic rings. The lowest BCUT2D eigenvalue weighted by Crippen LogP contribution is -2.32. The van der Waals surface area contributed by atoms with E-state index in [-0.39, 0.29) is 5.82 Å². The van der Waals surface area contributed by atoms with E-state index in [0.717, 1.165) is 42.4 Å². The molecule has 7 heteroatoms. The van der Waals surface area contributed by atoms with Crippen LogP contribution in [0.4, 0.5) is 10.1 Å². The first-order chi connectivity index (χ1) is 12.6. The van der Waals surface area contributed by atoms with Crippen molar-refractivity contribution in [2.75, 3.05) is 35.1 Å². The number of nitrogens with one attached hydrogen (secondary N) is 1. The van der Waals surface area contributed by atoms with Crippen molar-refractivity contribution >= 4 is 52.6 Å². The second kappa shape index (κ2) is 13.4. The summed E-state index contributed by atoms with van der Waals surface area (Å²) in [4.78, 5) is 2.41. The van der Waals surface area contributed by atoms with Gasteiger partial charge in [0.1, 0.15) is 5.82 Å². The van der Waals surface area contributed by atoms with Crippen molar-refractivity contribution in [3.05, 3.63) is 51.8 Å². The fourth-order valence-electron chi connectivity index (χ4n) is 2.22. The van der Waals surface area contributed by atoms with Crippen LogP contribution in [0.25, 0.3) is 0 Å². The summed E-state index contributed by atoms with van der Waals surface area (Å²) in [5.41, 5.74) is 1.95. The van der Waals surface area contributed by atoms with Gasteiger partial charge in [0.25, 0.3) is 0 Å². The number of hydrogen-bond acceptors (Lipinski definition) is 4. The Morgan fingerprint density at radius 1 is 1.35 bits per heavy atom. The van der Waals surface area contributed by atoms with E-state index < -0.39 is 0 Å². The molecule has 0 atom stereocenters. The smallest absolute Gasteiger partial charge is 0.125 e. The molecule has 142 valence electrons. The molecular weight excluding hydrogens is 410 g/mol. The van der Waals surface area contributed by atoms with Crippen molar-refractivity contribution in [3.8, 4) is 12.8 Å². The van der Waals surface area contributed by atoms with Crippen LogP contribution < -0.4 is 4.72 Å². The normalized spacial score (nSPS) is 15.9. The molecule has 1 saturated heterocycles. The summed E-state index contributed by atoms with van der Waals surface area (Å²) in [6.45, 7) is 4.76. The first-order valence-corrected chi connectivity index (χ1v) is 10.9. The summed E-state index contributed by atoms with van der Waals surface area (Å²) in [5.74, 6) is 2.81. The maximum absolute atomic E-state index is 13.6. The molecule has 1 aromatic rings. The third kappa shape index (κ3) is 8.75. The average molecular weight is 433 g/mol. The first kappa shape index (κ1) is 23.3. The minimum atomic E-state index is -0.227. The maximum atomic E-state index is 13.6. The van der Waals surface area contributed by atoms with Gasteiger partial charge in [-0.3, -0.25) is 4.90 Å². The maximum Gasteiger partial charge on any atom is 0.125 e. The molecule has 1 aliphatic heterocycles. The van der Waals surface area contributed by atoms with Gasteiger partial charge in [0, 0.05) is 41.9 Å². The van der Waals surface area contributed by atoms with E-state index in [0.29, 0.717) is 15.8 Å². The van der Waals surface area contributed by atoms with E-state index in [1.54, 1.807) is 19.1 Å². The van der Waals surface area contributed by atoms with Crippen molar-refractivity contribution in [2.45, 2.75) is 13.5 Å². The fraction of sp³-hybridized carbons (Fsp3) is 0.368. The van der Waals surface area contributed by atoms with Crippen molar-refractivity contribution < 1.29 is 4.39 Å². The van der Waals surface area contributed by atoms with E-state index in [1.165, 1.54) is 18.0 Å². The van der Waals surface area contributed by atoms with Crippen molar-refractivity contribution in [1.82, 2.24) is 4.90 Å².